The van der Waals surface area contributed by atoms with E-state index in [1.54, 1.807) is 7.05 Å². The van der Waals surface area contributed by atoms with Crippen LogP contribution in [-0.2, 0) is 13.0 Å². The van der Waals surface area contributed by atoms with Gasteiger partial charge < -0.3 is 10.2 Å². The van der Waals surface area contributed by atoms with Crippen molar-refractivity contribution < 1.29 is 0 Å². The summed E-state index contributed by atoms with van der Waals surface area (Å²) >= 11 is 0. The minimum atomic E-state index is 0.654. The lowest BCUT2D eigenvalue weighted by Crippen LogP contribution is -2.40. The van der Waals surface area contributed by atoms with Crippen LogP contribution in [0, 0.1) is 11.3 Å². The van der Waals surface area contributed by atoms with E-state index in [0.29, 0.717) is 12.1 Å². The molecular weight excluding hydrogens is 272 g/mol. The van der Waals surface area contributed by atoms with E-state index >= 15 is 0 Å². The number of nitrogens with one attached hydrogen (secondary N) is 1. The fourth-order valence-corrected chi connectivity index (χ4v) is 2.79. The van der Waals surface area contributed by atoms with Gasteiger partial charge in [0, 0.05) is 25.8 Å². The van der Waals surface area contributed by atoms with Crippen molar-refractivity contribution in [2.75, 3.05) is 18.5 Å². The van der Waals surface area contributed by atoms with Gasteiger partial charge in [0.25, 0.3) is 0 Å². The number of nitrogens with zero attached hydrogens (tertiary/aromatic N) is 3. The lowest BCUT2D eigenvalue weighted by molar-refractivity contribution is 0.867. The zero-order valence-electron chi connectivity index (χ0n) is 12.6. The highest BCUT2D eigenvalue weighted by Gasteiger charge is 2.22. The summed E-state index contributed by atoms with van der Waals surface area (Å²) in [6.07, 6.45) is 1.04. The molecule has 0 aromatic heterocycles. The predicted molar refractivity (Wildman–Crippen MR) is 88.8 cm³/mol. The van der Waals surface area contributed by atoms with Gasteiger partial charge in [-0.2, -0.15) is 5.26 Å². The number of hydrogen-bond acceptors (Lipinski definition) is 2. The third-order valence-corrected chi connectivity index (χ3v) is 3.86. The maximum Gasteiger partial charge on any atom is 0.198 e. The van der Waals surface area contributed by atoms with E-state index in [0.717, 1.165) is 24.5 Å². The first-order chi connectivity index (χ1) is 10.8. The molecular formula is C18H18N4. The number of nitriles is 1. The van der Waals surface area contributed by atoms with Gasteiger partial charge in [-0.05, 0) is 35.7 Å². The smallest absolute Gasteiger partial charge is 0.198 e. The summed E-state index contributed by atoms with van der Waals surface area (Å²) in [6, 6.07) is 18.2. The van der Waals surface area contributed by atoms with Crippen molar-refractivity contribution in [1.82, 2.24) is 5.32 Å². The minimum Gasteiger partial charge on any atom is -0.352 e. The molecule has 0 amide bonds. The van der Waals surface area contributed by atoms with Crippen LogP contribution in [0.15, 0.2) is 53.5 Å². The topological polar surface area (TPSA) is 51.4 Å². The zero-order valence-corrected chi connectivity index (χ0v) is 12.6. The lowest BCUT2D eigenvalue weighted by Gasteiger charge is -2.22. The first kappa shape index (κ1) is 14.2. The van der Waals surface area contributed by atoms with E-state index in [2.05, 4.69) is 45.5 Å². The third kappa shape index (κ3) is 2.79. The van der Waals surface area contributed by atoms with Gasteiger partial charge in [-0.3, -0.25) is 4.99 Å². The standard InChI is InChI=1S/C18H18N4/c1-20-18(21-13-15-6-4-5-14(11-15)12-19)22-10-9-16-7-2-3-8-17(16)22/h2-8,11H,9-10,13H2,1H3,(H,20,21). The quantitative estimate of drug-likeness (QED) is 0.683. The second-order valence-electron chi connectivity index (χ2n) is 5.24. The van der Waals surface area contributed by atoms with Gasteiger partial charge in [0.05, 0.1) is 11.6 Å². The summed E-state index contributed by atoms with van der Waals surface area (Å²) in [4.78, 5) is 6.60. The van der Waals surface area contributed by atoms with Crippen LogP contribution < -0.4 is 10.2 Å². The summed E-state index contributed by atoms with van der Waals surface area (Å²) in [5.41, 5.74) is 4.34. The lowest BCUT2D eigenvalue weighted by atomic mass is 10.1. The van der Waals surface area contributed by atoms with Crippen LogP contribution in [0.25, 0.3) is 0 Å². The molecule has 0 aliphatic carbocycles. The van der Waals surface area contributed by atoms with Gasteiger partial charge in [-0.15, -0.1) is 0 Å². The van der Waals surface area contributed by atoms with Crippen molar-refractivity contribution in [3.63, 3.8) is 0 Å². The fourth-order valence-electron chi connectivity index (χ4n) is 2.79. The molecule has 2 aromatic rings. The maximum absolute atomic E-state index is 8.97. The summed E-state index contributed by atoms with van der Waals surface area (Å²) in [6.45, 7) is 1.60. The average molecular weight is 290 g/mol. The molecule has 4 nitrogen and oxygen atoms in total. The van der Waals surface area contributed by atoms with E-state index < -0.39 is 0 Å². The van der Waals surface area contributed by atoms with Crippen LogP contribution in [0.2, 0.25) is 0 Å². The molecule has 0 saturated carbocycles. The molecule has 1 heterocycles. The van der Waals surface area contributed by atoms with Gasteiger partial charge in [-0.25, -0.2) is 0 Å². The molecule has 4 heteroatoms. The second-order valence-corrected chi connectivity index (χ2v) is 5.24. The molecule has 22 heavy (non-hydrogen) atoms. The molecule has 0 radical (unpaired) electrons. The number of aliphatic imine (C=N–C) groups is 1. The number of para-hydroxylation sites is 1. The van der Waals surface area contributed by atoms with Crippen molar-refractivity contribution in [2.45, 2.75) is 13.0 Å². The Bertz CT molecular complexity index is 743. The average Bonchev–Trinajstić information content (AvgIpc) is 3.00. The highest BCUT2D eigenvalue weighted by atomic mass is 15.3. The number of fused-ring (bicyclic) bond motifs is 1. The molecule has 0 fully saturated rings. The zero-order chi connectivity index (χ0) is 15.4. The fraction of sp³-hybridized carbons (Fsp3) is 0.222. The molecule has 2 aromatic carbocycles. The molecule has 110 valence electrons. The molecule has 0 unspecified atom stereocenters. The first-order valence-electron chi connectivity index (χ1n) is 7.37. The molecule has 1 N–H and O–H groups in total. The van der Waals surface area contributed by atoms with Gasteiger partial charge in [-0.1, -0.05) is 30.3 Å². The van der Waals surface area contributed by atoms with E-state index in [1.807, 2.05) is 24.3 Å². The summed E-state index contributed by atoms with van der Waals surface area (Å²) < 4.78 is 0. The molecule has 0 bridgehead atoms. The van der Waals surface area contributed by atoms with Crippen molar-refractivity contribution in [2.24, 2.45) is 4.99 Å². The number of hydrogen-bond donors (Lipinski definition) is 1. The SMILES string of the molecule is CN=C(NCc1cccc(C#N)c1)N1CCc2ccccc21. The number of guanidine groups is 1. The molecule has 0 saturated heterocycles. The maximum atomic E-state index is 8.97. The van der Waals surface area contributed by atoms with Crippen LogP contribution in [-0.4, -0.2) is 19.6 Å². The van der Waals surface area contributed by atoms with Gasteiger partial charge in [0.1, 0.15) is 0 Å². The highest BCUT2D eigenvalue weighted by molar-refractivity contribution is 5.97. The largest absolute Gasteiger partial charge is 0.352 e. The van der Waals surface area contributed by atoms with Crippen molar-refractivity contribution in [1.29, 1.82) is 5.26 Å². The van der Waals surface area contributed by atoms with Gasteiger partial charge >= 0.3 is 0 Å². The summed E-state index contributed by atoms with van der Waals surface area (Å²) in [7, 11) is 1.80. The molecule has 3 rings (SSSR count). The van der Waals surface area contributed by atoms with E-state index in [9.17, 15) is 0 Å². The van der Waals surface area contributed by atoms with Crippen LogP contribution in [0.4, 0.5) is 5.69 Å². The second kappa shape index (κ2) is 6.31. The molecule has 1 aliphatic heterocycles. The third-order valence-electron chi connectivity index (χ3n) is 3.86. The number of benzene rings is 2. The van der Waals surface area contributed by atoms with Crippen LogP contribution >= 0.6 is 0 Å². The first-order valence-corrected chi connectivity index (χ1v) is 7.37. The van der Waals surface area contributed by atoms with E-state index in [1.165, 1.54) is 11.3 Å². The van der Waals surface area contributed by atoms with Crippen LogP contribution in [0.1, 0.15) is 16.7 Å². The molecule has 0 atom stereocenters. The van der Waals surface area contributed by atoms with Crippen LogP contribution in [0.3, 0.4) is 0 Å². The van der Waals surface area contributed by atoms with Gasteiger partial charge in [0.2, 0.25) is 0 Å². The Kier molecular flexibility index (Phi) is 4.06. The highest BCUT2D eigenvalue weighted by Crippen LogP contribution is 2.27. The van der Waals surface area contributed by atoms with Crippen molar-refractivity contribution in [3.05, 3.63) is 65.2 Å². The molecule has 1 aliphatic rings. The van der Waals surface area contributed by atoms with Crippen molar-refractivity contribution >= 4 is 11.6 Å². The Balaban J connectivity index is 1.73. The Morgan fingerprint density at radius 1 is 1.27 bits per heavy atom. The molecule has 0 spiro atoms. The summed E-state index contributed by atoms with van der Waals surface area (Å²) in [5.74, 6) is 0.868. The minimum absolute atomic E-state index is 0.654. The Labute approximate surface area is 130 Å². The van der Waals surface area contributed by atoms with Crippen LogP contribution in [0.5, 0.6) is 0 Å². The Morgan fingerprint density at radius 2 is 2.14 bits per heavy atom. The monoisotopic (exact) mass is 290 g/mol. The number of anilines is 1. The predicted octanol–water partition coefficient (Wildman–Crippen LogP) is 2.70. The number of rotatable bonds is 2. The Hall–Kier alpha value is -2.80. The Morgan fingerprint density at radius 3 is 2.95 bits per heavy atom. The van der Waals surface area contributed by atoms with E-state index in [4.69, 9.17) is 5.26 Å². The van der Waals surface area contributed by atoms with Crippen molar-refractivity contribution in [3.8, 4) is 6.07 Å². The van der Waals surface area contributed by atoms with Gasteiger partial charge in [0.15, 0.2) is 5.96 Å². The summed E-state index contributed by atoms with van der Waals surface area (Å²) in [5, 5.41) is 12.4. The normalized spacial score (nSPS) is 13.6. The van der Waals surface area contributed by atoms with E-state index in [-0.39, 0.29) is 0 Å².